The third-order valence-corrected chi connectivity index (χ3v) is 7.87. The second kappa shape index (κ2) is 12.7. The molecule has 37 heavy (non-hydrogen) atoms. The molecule has 0 saturated heterocycles. The molecule has 3 rings (SSSR count). The number of nitrogens with one attached hydrogen (secondary N) is 1. The van der Waals surface area contributed by atoms with Gasteiger partial charge in [-0.1, -0.05) is 49.9 Å². The van der Waals surface area contributed by atoms with E-state index >= 15 is 0 Å². The number of benzene rings is 2. The molecule has 0 heterocycles. The minimum absolute atomic E-state index is 0.0255. The lowest BCUT2D eigenvalue weighted by Gasteiger charge is -2.34. The summed E-state index contributed by atoms with van der Waals surface area (Å²) in [6.45, 7) is 1.11. The zero-order valence-electron chi connectivity index (χ0n) is 20.9. The highest BCUT2D eigenvalue weighted by Gasteiger charge is 2.33. The summed E-state index contributed by atoms with van der Waals surface area (Å²) in [5.74, 6) is -3.35. The maximum absolute atomic E-state index is 13.9. The molecule has 0 aliphatic heterocycles. The molecular weight excluding hydrogens is 524 g/mol. The van der Waals surface area contributed by atoms with Gasteiger partial charge in [0, 0.05) is 23.7 Å². The summed E-state index contributed by atoms with van der Waals surface area (Å²) >= 11 is 5.99. The number of anilines is 1. The van der Waals surface area contributed by atoms with E-state index in [2.05, 4.69) is 5.32 Å². The number of carbonyl (C=O) groups excluding carboxylic acids is 2. The number of sulfonamides is 1. The van der Waals surface area contributed by atoms with Crippen molar-refractivity contribution in [1.82, 2.24) is 10.2 Å². The highest BCUT2D eigenvalue weighted by molar-refractivity contribution is 7.92. The fourth-order valence-electron chi connectivity index (χ4n) is 4.50. The van der Waals surface area contributed by atoms with Crippen molar-refractivity contribution in [3.8, 4) is 0 Å². The average Bonchev–Trinajstić information content (AvgIpc) is 2.85. The Morgan fingerprint density at radius 3 is 2.27 bits per heavy atom. The van der Waals surface area contributed by atoms with Gasteiger partial charge in [-0.25, -0.2) is 17.2 Å². The largest absolute Gasteiger partial charge is 0.352 e. The standard InChI is InChI=1S/C26H32ClF2N3O4S/c1-3-24(26(34)30-20-7-5-4-6-8-20)31(16-18-9-11-19(27)12-10-18)25(33)17-32(37(2,35)36)21-13-14-22(28)23(29)15-21/h9-15,20,24H,3-8,16-17H2,1-2H3,(H,30,34). The molecule has 0 aromatic heterocycles. The summed E-state index contributed by atoms with van der Waals surface area (Å²) in [6, 6.07) is 8.53. The Bertz CT molecular complexity index is 1200. The number of hydrogen-bond acceptors (Lipinski definition) is 4. The highest BCUT2D eigenvalue weighted by Crippen LogP contribution is 2.23. The molecular formula is C26H32ClF2N3O4S. The molecule has 1 aliphatic carbocycles. The first-order valence-electron chi connectivity index (χ1n) is 12.3. The SMILES string of the molecule is CCC(C(=O)NC1CCCCC1)N(Cc1ccc(Cl)cc1)C(=O)CN(c1ccc(F)c(F)c1)S(C)(=O)=O. The smallest absolute Gasteiger partial charge is 0.244 e. The van der Waals surface area contributed by atoms with Crippen LogP contribution in [0.25, 0.3) is 0 Å². The Morgan fingerprint density at radius 1 is 1.05 bits per heavy atom. The summed E-state index contributed by atoms with van der Waals surface area (Å²) in [6.07, 6.45) is 6.06. The second-order valence-corrected chi connectivity index (χ2v) is 11.6. The predicted molar refractivity (Wildman–Crippen MR) is 140 cm³/mol. The van der Waals surface area contributed by atoms with Crippen molar-refractivity contribution in [3.63, 3.8) is 0 Å². The van der Waals surface area contributed by atoms with Gasteiger partial charge in [-0.2, -0.15) is 0 Å². The van der Waals surface area contributed by atoms with Crippen molar-refractivity contribution in [2.75, 3.05) is 17.1 Å². The van der Waals surface area contributed by atoms with E-state index in [9.17, 15) is 26.8 Å². The summed E-state index contributed by atoms with van der Waals surface area (Å²) in [5.41, 5.74) is 0.501. The molecule has 1 atom stereocenters. The van der Waals surface area contributed by atoms with Gasteiger partial charge in [0.05, 0.1) is 11.9 Å². The Hall–Kier alpha value is -2.72. The molecule has 0 spiro atoms. The summed E-state index contributed by atoms with van der Waals surface area (Å²) < 4.78 is 53.2. The number of carbonyl (C=O) groups is 2. The number of rotatable bonds is 10. The van der Waals surface area contributed by atoms with Gasteiger partial charge < -0.3 is 10.2 Å². The number of amides is 2. The van der Waals surface area contributed by atoms with Gasteiger partial charge in [0.1, 0.15) is 12.6 Å². The van der Waals surface area contributed by atoms with Crippen LogP contribution >= 0.6 is 11.6 Å². The number of halogens is 3. The molecule has 1 unspecified atom stereocenters. The van der Waals surface area contributed by atoms with E-state index in [0.29, 0.717) is 21.3 Å². The van der Waals surface area contributed by atoms with Crippen molar-refractivity contribution in [2.24, 2.45) is 0 Å². The van der Waals surface area contributed by atoms with Gasteiger partial charge in [-0.3, -0.25) is 13.9 Å². The normalized spacial score (nSPS) is 15.2. The van der Waals surface area contributed by atoms with Crippen LogP contribution in [0, 0.1) is 11.6 Å². The lowest BCUT2D eigenvalue weighted by Crippen LogP contribution is -2.53. The molecule has 2 aromatic carbocycles. The molecule has 1 saturated carbocycles. The molecule has 0 radical (unpaired) electrons. The Balaban J connectivity index is 1.92. The number of hydrogen-bond donors (Lipinski definition) is 1. The third kappa shape index (κ3) is 7.88. The van der Waals surface area contributed by atoms with Crippen LogP contribution < -0.4 is 9.62 Å². The molecule has 202 valence electrons. The molecule has 2 amide bonds. The van der Waals surface area contributed by atoms with Crippen LogP contribution in [0.4, 0.5) is 14.5 Å². The molecule has 7 nitrogen and oxygen atoms in total. The van der Waals surface area contributed by atoms with Gasteiger partial charge in [-0.05, 0) is 49.1 Å². The average molecular weight is 556 g/mol. The highest BCUT2D eigenvalue weighted by atomic mass is 35.5. The summed E-state index contributed by atoms with van der Waals surface area (Å²) in [7, 11) is -4.05. The number of nitrogens with zero attached hydrogens (tertiary/aromatic N) is 2. The monoisotopic (exact) mass is 555 g/mol. The van der Waals surface area contributed by atoms with Gasteiger partial charge in [0.25, 0.3) is 0 Å². The fourth-order valence-corrected chi connectivity index (χ4v) is 5.47. The van der Waals surface area contributed by atoms with Crippen LogP contribution in [-0.2, 0) is 26.2 Å². The maximum atomic E-state index is 13.9. The maximum Gasteiger partial charge on any atom is 0.244 e. The quantitative estimate of drug-likeness (QED) is 0.463. The Labute approximate surface area is 221 Å². The van der Waals surface area contributed by atoms with Crippen molar-refractivity contribution in [2.45, 2.75) is 64.1 Å². The Kier molecular flexibility index (Phi) is 9.89. The molecule has 1 N–H and O–H groups in total. The van der Waals surface area contributed by atoms with Crippen LogP contribution in [0.3, 0.4) is 0 Å². The van der Waals surface area contributed by atoms with Crippen LogP contribution in [0.1, 0.15) is 51.0 Å². The van der Waals surface area contributed by atoms with Gasteiger partial charge in [0.2, 0.25) is 21.8 Å². The van der Waals surface area contributed by atoms with Crippen molar-refractivity contribution < 1.29 is 26.8 Å². The van der Waals surface area contributed by atoms with Crippen LogP contribution in [-0.4, -0.2) is 50.0 Å². The van der Waals surface area contributed by atoms with Crippen LogP contribution in [0.5, 0.6) is 0 Å². The van der Waals surface area contributed by atoms with E-state index in [1.165, 1.54) is 4.90 Å². The van der Waals surface area contributed by atoms with E-state index in [0.717, 1.165) is 56.6 Å². The van der Waals surface area contributed by atoms with E-state index in [4.69, 9.17) is 11.6 Å². The Morgan fingerprint density at radius 2 is 1.70 bits per heavy atom. The summed E-state index contributed by atoms with van der Waals surface area (Å²) in [4.78, 5) is 28.3. The van der Waals surface area contributed by atoms with Gasteiger partial charge in [0.15, 0.2) is 11.6 Å². The predicted octanol–water partition coefficient (Wildman–Crippen LogP) is 4.64. The molecule has 0 bridgehead atoms. The molecule has 11 heteroatoms. The van der Waals surface area contributed by atoms with E-state index < -0.39 is 40.2 Å². The van der Waals surface area contributed by atoms with Gasteiger partial charge in [-0.15, -0.1) is 0 Å². The topological polar surface area (TPSA) is 86.8 Å². The van der Waals surface area contributed by atoms with Crippen molar-refractivity contribution in [1.29, 1.82) is 0 Å². The molecule has 1 aliphatic rings. The summed E-state index contributed by atoms with van der Waals surface area (Å²) in [5, 5.41) is 3.56. The molecule has 1 fully saturated rings. The minimum Gasteiger partial charge on any atom is -0.352 e. The first-order chi connectivity index (χ1) is 17.5. The lowest BCUT2D eigenvalue weighted by molar-refractivity contribution is -0.140. The van der Waals surface area contributed by atoms with Crippen LogP contribution in [0.15, 0.2) is 42.5 Å². The van der Waals surface area contributed by atoms with Crippen molar-refractivity contribution in [3.05, 3.63) is 64.7 Å². The zero-order chi connectivity index (χ0) is 27.2. The minimum atomic E-state index is -4.05. The third-order valence-electron chi connectivity index (χ3n) is 6.47. The molecule has 2 aromatic rings. The second-order valence-electron chi connectivity index (χ2n) is 9.28. The van der Waals surface area contributed by atoms with E-state index in [1.807, 2.05) is 0 Å². The van der Waals surface area contributed by atoms with Crippen molar-refractivity contribution >= 4 is 39.1 Å². The van der Waals surface area contributed by atoms with E-state index in [-0.39, 0.29) is 24.2 Å². The van der Waals surface area contributed by atoms with E-state index in [1.54, 1.807) is 31.2 Å². The fraction of sp³-hybridized carbons (Fsp3) is 0.462. The lowest BCUT2D eigenvalue weighted by atomic mass is 9.95. The van der Waals surface area contributed by atoms with Crippen LogP contribution in [0.2, 0.25) is 5.02 Å². The first-order valence-corrected chi connectivity index (χ1v) is 14.5. The zero-order valence-corrected chi connectivity index (χ0v) is 22.5. The van der Waals surface area contributed by atoms with Gasteiger partial charge >= 0.3 is 0 Å². The first kappa shape index (κ1) is 28.8.